The van der Waals surface area contributed by atoms with E-state index in [0.717, 1.165) is 194 Å². The van der Waals surface area contributed by atoms with E-state index in [9.17, 15) is 23.2 Å². The largest absolute Gasteiger partial charge is 0.393 e. The summed E-state index contributed by atoms with van der Waals surface area (Å²) in [6.07, 6.45) is 34.0. The Morgan fingerprint density at radius 2 is 0.922 bits per heavy atom. The molecule has 5 saturated heterocycles. The van der Waals surface area contributed by atoms with Crippen molar-refractivity contribution in [3.8, 4) is 0 Å². The van der Waals surface area contributed by atoms with E-state index >= 15 is 0 Å². The van der Waals surface area contributed by atoms with Crippen molar-refractivity contribution in [2.75, 3.05) is 53.0 Å². The van der Waals surface area contributed by atoms with E-state index in [-0.39, 0.29) is 85.1 Å². The molecule has 90 heavy (non-hydrogen) atoms. The van der Waals surface area contributed by atoms with Crippen molar-refractivity contribution in [2.24, 2.45) is 80.3 Å². The Hall–Kier alpha value is -2.45. The number of carbonyl (C=O) groups excluding carboxylic acids is 3. The zero-order valence-corrected chi connectivity index (χ0v) is 56.0. The van der Waals surface area contributed by atoms with E-state index in [1.165, 1.54) is 44.9 Å². The van der Waals surface area contributed by atoms with Crippen LogP contribution >= 0.6 is 0 Å². The molecule has 3 amide bonds. The van der Waals surface area contributed by atoms with Crippen LogP contribution in [0.5, 0.6) is 0 Å². The highest BCUT2D eigenvalue weighted by Crippen LogP contribution is 2.32. The molecule has 11 fully saturated rings. The Morgan fingerprint density at radius 3 is 1.31 bits per heavy atom. The van der Waals surface area contributed by atoms with Crippen LogP contribution in [0.25, 0.3) is 0 Å². The molecular formula is C64H138F2N18O6. The summed E-state index contributed by atoms with van der Waals surface area (Å²) in [7, 11) is 1.79. The number of nitrogens with two attached hydrogens (primary N) is 14. The van der Waals surface area contributed by atoms with E-state index in [0.29, 0.717) is 68.0 Å². The van der Waals surface area contributed by atoms with Crippen LogP contribution in [0.3, 0.4) is 0 Å². The van der Waals surface area contributed by atoms with Gasteiger partial charge in [0, 0.05) is 144 Å². The number of halogens is 2. The van der Waals surface area contributed by atoms with Gasteiger partial charge in [0.15, 0.2) is 0 Å². The standard InChI is InChI=1S/C6H11F2N.3C6H12N2O.3C6H14N2.2C6H13NO.C5H12N2.C5H11NO/c7-6(8)3-1-5(9)2-4-6;1-8-4-5(7)2-3-6(8)9;7-5-1-2-6(9)8-4-3-5;7-5-3-1-2-4-8-6(5)9;7-5-1-2-6(8)4-3-5;7-5-2-1-3-6(8)4-5;7-5-3-1-2-4-6(5)8;7-5-1-3-6(8)4-2-5;7-5-2-1-3-6(8)4-5;2*6-5-2-1-3-7-4-5/h5H,1-4,9H2;5H,2-4,7H2,1H3;2*5H,1-4,7H2,(H,8,9);3*5-6H,1-4,7-8H2;2*5-6,8H,1-4,7H2;5,7H,1-4,6H2;5H,1-4,6H2. The Labute approximate surface area is 541 Å². The predicted octanol–water partition coefficient (Wildman–Crippen LogP) is 1.28. The van der Waals surface area contributed by atoms with Gasteiger partial charge in [0.2, 0.25) is 23.6 Å². The summed E-state index contributed by atoms with van der Waals surface area (Å²) in [6.45, 7) is 6.12. The van der Waals surface area contributed by atoms with Crippen LogP contribution in [0.15, 0.2) is 0 Å². The number of nitrogens with zero attached hydrogens (tertiary/aromatic N) is 1. The van der Waals surface area contributed by atoms with Gasteiger partial charge in [-0.2, -0.15) is 0 Å². The van der Waals surface area contributed by atoms with E-state index in [1.807, 2.05) is 0 Å². The van der Waals surface area contributed by atoms with Crippen LogP contribution in [0, 0.1) is 0 Å². The molecule has 534 valence electrons. The van der Waals surface area contributed by atoms with Crippen molar-refractivity contribution in [3.63, 3.8) is 0 Å². The highest BCUT2D eigenvalue weighted by atomic mass is 19.3. The number of rotatable bonds is 0. The van der Waals surface area contributed by atoms with Crippen molar-refractivity contribution >= 4 is 17.7 Å². The van der Waals surface area contributed by atoms with Gasteiger partial charge in [-0.1, -0.05) is 19.3 Å². The summed E-state index contributed by atoms with van der Waals surface area (Å²) < 4.78 is 29.7. The molecule has 0 spiro atoms. The molecule has 0 radical (unpaired) electrons. The Balaban J connectivity index is 0.000000495. The molecule has 0 aromatic rings. The highest BCUT2D eigenvalue weighted by molar-refractivity contribution is 5.81. The number of hydrogen-bond donors (Lipinski definition) is 19. The van der Waals surface area contributed by atoms with E-state index < -0.39 is 5.92 Å². The number of aliphatic hydroxyl groups is 2. The van der Waals surface area contributed by atoms with Crippen molar-refractivity contribution in [1.82, 2.24) is 20.9 Å². The minimum Gasteiger partial charge on any atom is -0.393 e. The molecule has 11 unspecified atom stereocenters. The number of aliphatic hydroxyl groups excluding tert-OH is 2. The van der Waals surface area contributed by atoms with Crippen LogP contribution in [0.4, 0.5) is 8.78 Å². The van der Waals surface area contributed by atoms with Crippen LogP contribution in [-0.2, 0) is 19.1 Å². The summed E-state index contributed by atoms with van der Waals surface area (Å²) >= 11 is 0. The summed E-state index contributed by atoms with van der Waals surface area (Å²) in [5.74, 6) is -2.05. The fourth-order valence-corrected chi connectivity index (χ4v) is 11.6. The van der Waals surface area contributed by atoms with Crippen LogP contribution in [0.2, 0.25) is 0 Å². The zero-order valence-electron chi connectivity index (χ0n) is 56.0. The Morgan fingerprint density at radius 1 is 0.433 bits per heavy atom. The number of likely N-dealkylation sites (tertiary alicyclic amines) is 1. The molecule has 0 aromatic carbocycles. The fraction of sp³-hybridized carbons (Fsp3) is 0.953. The second-order valence-electron chi connectivity index (χ2n) is 27.3. The highest BCUT2D eigenvalue weighted by Gasteiger charge is 2.33. The van der Waals surface area contributed by atoms with E-state index in [2.05, 4.69) is 16.0 Å². The molecule has 5 heterocycles. The molecule has 33 N–H and O–H groups in total. The van der Waals surface area contributed by atoms with Gasteiger partial charge in [-0.05, 0) is 193 Å². The summed E-state index contributed by atoms with van der Waals surface area (Å²) in [6, 6.07) is 3.77. The van der Waals surface area contributed by atoms with Crippen LogP contribution in [0.1, 0.15) is 231 Å². The van der Waals surface area contributed by atoms with Crippen molar-refractivity contribution in [2.45, 2.75) is 334 Å². The lowest BCUT2D eigenvalue weighted by Crippen LogP contribution is -2.43. The number of likely N-dealkylation sites (N-methyl/N-ethyl adjacent to an activating group) is 1. The van der Waals surface area contributed by atoms with Gasteiger partial charge in [-0.25, -0.2) is 8.78 Å². The van der Waals surface area contributed by atoms with Crippen molar-refractivity contribution in [3.05, 3.63) is 0 Å². The molecule has 11 aliphatic rings. The molecule has 11 atom stereocenters. The molecule has 26 heteroatoms. The summed E-state index contributed by atoms with van der Waals surface area (Å²) in [5, 5.41) is 26.7. The Kier molecular flexibility index (Phi) is 49.3. The molecule has 6 saturated carbocycles. The van der Waals surface area contributed by atoms with E-state index in [4.69, 9.17) is 95.2 Å². The fourth-order valence-electron chi connectivity index (χ4n) is 11.6. The molecule has 24 nitrogen and oxygen atoms in total. The smallest absolute Gasteiger partial charge is 0.248 e. The number of carbonyl (C=O) groups is 3. The molecule has 0 aromatic heterocycles. The lowest BCUT2D eigenvalue weighted by molar-refractivity contribution is -0.132. The van der Waals surface area contributed by atoms with E-state index in [1.54, 1.807) is 11.9 Å². The summed E-state index contributed by atoms with van der Waals surface area (Å²) in [5.41, 5.74) is 78.2. The van der Waals surface area contributed by atoms with Crippen LogP contribution < -0.4 is 96.2 Å². The quantitative estimate of drug-likeness (QED) is 0.162. The van der Waals surface area contributed by atoms with Crippen molar-refractivity contribution in [1.29, 1.82) is 0 Å². The zero-order chi connectivity index (χ0) is 67.3. The molecule has 5 aliphatic heterocycles. The minimum atomic E-state index is -2.42. The van der Waals surface area contributed by atoms with Gasteiger partial charge in [0.05, 0.1) is 24.9 Å². The topological polar surface area (TPSA) is 505 Å². The Bertz CT molecular complexity index is 1640. The average Bonchev–Trinajstić information content (AvgIpc) is 3.95. The number of ether oxygens (including phenoxy) is 1. The first-order chi connectivity index (χ1) is 42.6. The second-order valence-corrected chi connectivity index (χ2v) is 27.3. The third-order valence-corrected chi connectivity index (χ3v) is 18.0. The maximum atomic E-state index is 12.3. The van der Waals surface area contributed by atoms with Gasteiger partial charge >= 0.3 is 0 Å². The predicted molar refractivity (Wildman–Crippen MR) is 362 cm³/mol. The van der Waals surface area contributed by atoms with Crippen LogP contribution in [-0.4, -0.2) is 189 Å². The normalized spacial score (nSPS) is 34.3. The molecule has 11 rings (SSSR count). The summed E-state index contributed by atoms with van der Waals surface area (Å²) in [4.78, 5) is 33.9. The van der Waals surface area contributed by atoms with Gasteiger partial charge in [-0.15, -0.1) is 0 Å². The lowest BCUT2D eigenvalue weighted by atomic mass is 9.92. The third kappa shape index (κ3) is 48.3. The van der Waals surface area contributed by atoms with Gasteiger partial charge in [0.1, 0.15) is 0 Å². The second kappa shape index (κ2) is 51.8. The maximum absolute atomic E-state index is 12.3. The molecular weight excluding hydrogens is 1150 g/mol. The first kappa shape index (κ1) is 85.6. The number of amides is 3. The third-order valence-electron chi connectivity index (χ3n) is 18.0. The number of piperidine rings is 2. The average molecular weight is 1290 g/mol. The number of alkyl halides is 2. The van der Waals surface area contributed by atoms with Gasteiger partial charge in [-0.3, -0.25) is 14.4 Å². The first-order valence-electron chi connectivity index (χ1n) is 35.0. The first-order valence-corrected chi connectivity index (χ1v) is 35.0. The SMILES string of the molecule is CN1CC(N)CCC1=O.NC1CCC(F)(F)CC1.NC1CCC(N)CC1.NC1CCC(O)CC1.NC1CCCC(N)C1.NC1CCCC(O)C1.NC1CCCCC1N.NC1CCCCNC1=O.NC1CCCNC1.NC1CCCOC1.NC1CCNC(=O)CC1. The number of nitrogens with one attached hydrogen (secondary N) is 3. The number of hydrogen-bond acceptors (Lipinski definition) is 21. The molecule has 6 aliphatic carbocycles. The lowest BCUT2D eigenvalue weighted by Gasteiger charge is -2.26. The monoisotopic (exact) mass is 1290 g/mol. The van der Waals surface area contributed by atoms with Gasteiger partial charge < -0.3 is 116 Å². The van der Waals surface area contributed by atoms with Crippen molar-refractivity contribution < 1.29 is 38.1 Å². The van der Waals surface area contributed by atoms with Gasteiger partial charge in [0.25, 0.3) is 0 Å². The minimum absolute atomic E-state index is 0.00694. The maximum Gasteiger partial charge on any atom is 0.248 e. The molecule has 0 bridgehead atoms.